The first kappa shape index (κ1) is 19.9. The highest BCUT2D eigenvalue weighted by atomic mass is 32.2. The van der Waals surface area contributed by atoms with Crippen LogP contribution in [0.3, 0.4) is 0 Å². The summed E-state index contributed by atoms with van der Waals surface area (Å²) in [6.45, 7) is 4.19. The molecule has 0 aromatic heterocycles. The molecule has 0 fully saturated rings. The first-order valence-electron chi connectivity index (χ1n) is 8.57. The lowest BCUT2D eigenvalue weighted by Crippen LogP contribution is -2.34. The number of hydrogen-bond donors (Lipinski definition) is 2. The molecule has 0 aliphatic carbocycles. The van der Waals surface area contributed by atoms with Gasteiger partial charge < -0.3 is 5.32 Å². The lowest BCUT2D eigenvalue weighted by atomic mass is 9.99. The third kappa shape index (κ3) is 5.29. The number of hydrogen-bond acceptors (Lipinski definition) is 3. The van der Waals surface area contributed by atoms with Gasteiger partial charge in [0.25, 0.3) is 10.0 Å². The van der Waals surface area contributed by atoms with Gasteiger partial charge in [0.1, 0.15) is 5.82 Å². The Morgan fingerprint density at radius 2 is 1.58 bits per heavy atom. The Bertz CT molecular complexity index is 865. The van der Waals surface area contributed by atoms with Crippen molar-refractivity contribution in [2.24, 2.45) is 0 Å². The molecule has 2 N–H and O–H groups in total. The van der Waals surface area contributed by atoms with Gasteiger partial charge >= 0.3 is 6.03 Å². The molecule has 7 heteroatoms. The van der Waals surface area contributed by atoms with Gasteiger partial charge in [-0.05, 0) is 60.4 Å². The fourth-order valence-electron chi connectivity index (χ4n) is 2.67. The van der Waals surface area contributed by atoms with Crippen molar-refractivity contribution in [3.8, 4) is 0 Å². The number of sulfonamides is 1. The lowest BCUT2D eigenvalue weighted by Gasteiger charge is -2.12. The molecule has 0 saturated carbocycles. The van der Waals surface area contributed by atoms with Crippen LogP contribution in [0.4, 0.5) is 14.9 Å². The first-order valence-corrected chi connectivity index (χ1v) is 10.0. The summed E-state index contributed by atoms with van der Waals surface area (Å²) >= 11 is 0. The van der Waals surface area contributed by atoms with Crippen LogP contribution in [0.5, 0.6) is 0 Å². The largest absolute Gasteiger partial charge is 0.333 e. The van der Waals surface area contributed by atoms with E-state index in [4.69, 9.17) is 0 Å². The molecule has 5 nitrogen and oxygen atoms in total. The SMILES string of the molecule is CCCc1ccc(NC(=O)NS(=O)(=O)c2ccc(F)cc2)cc1CCC. The molecule has 0 radical (unpaired) electrons. The van der Waals surface area contributed by atoms with Gasteiger partial charge in [-0.25, -0.2) is 22.3 Å². The zero-order chi connectivity index (χ0) is 19.2. The van der Waals surface area contributed by atoms with E-state index in [-0.39, 0.29) is 4.90 Å². The maximum absolute atomic E-state index is 12.9. The van der Waals surface area contributed by atoms with Gasteiger partial charge in [0.2, 0.25) is 0 Å². The molecule has 0 aliphatic rings. The molecule has 0 unspecified atom stereocenters. The monoisotopic (exact) mass is 378 g/mol. The number of nitrogens with one attached hydrogen (secondary N) is 2. The van der Waals surface area contributed by atoms with E-state index in [0.717, 1.165) is 55.5 Å². The van der Waals surface area contributed by atoms with Crippen molar-refractivity contribution in [1.29, 1.82) is 0 Å². The average Bonchev–Trinajstić information content (AvgIpc) is 2.57. The van der Waals surface area contributed by atoms with Gasteiger partial charge in [-0.3, -0.25) is 0 Å². The van der Waals surface area contributed by atoms with Crippen LogP contribution >= 0.6 is 0 Å². The van der Waals surface area contributed by atoms with Gasteiger partial charge in [0, 0.05) is 5.69 Å². The van der Waals surface area contributed by atoms with Crippen LogP contribution in [0.2, 0.25) is 0 Å². The van der Waals surface area contributed by atoms with E-state index in [9.17, 15) is 17.6 Å². The zero-order valence-corrected chi connectivity index (χ0v) is 15.7. The summed E-state index contributed by atoms with van der Waals surface area (Å²) in [5.74, 6) is -0.552. The second kappa shape index (κ2) is 8.80. The van der Waals surface area contributed by atoms with Crippen molar-refractivity contribution in [3.05, 3.63) is 59.4 Å². The molecule has 0 spiro atoms. The molecule has 0 aliphatic heterocycles. The van der Waals surface area contributed by atoms with Gasteiger partial charge in [-0.15, -0.1) is 0 Å². The van der Waals surface area contributed by atoms with Gasteiger partial charge in [-0.2, -0.15) is 0 Å². The molecule has 2 aromatic carbocycles. The minimum Gasteiger partial charge on any atom is -0.307 e. The number of rotatable bonds is 7. The molecule has 26 heavy (non-hydrogen) atoms. The Hall–Kier alpha value is -2.41. The molecule has 0 saturated heterocycles. The summed E-state index contributed by atoms with van der Waals surface area (Å²) in [6, 6.07) is 8.98. The van der Waals surface area contributed by atoms with Crippen molar-refractivity contribution in [2.75, 3.05) is 5.32 Å². The standard InChI is InChI=1S/C19H23FN2O3S/c1-3-5-14-7-10-17(13-15(14)6-4-2)21-19(23)22-26(24,25)18-11-8-16(20)9-12-18/h7-13H,3-6H2,1-2H3,(H2,21,22,23). The lowest BCUT2D eigenvalue weighted by molar-refractivity contribution is 0.256. The Morgan fingerprint density at radius 3 is 2.19 bits per heavy atom. The Balaban J connectivity index is 2.11. The van der Waals surface area contributed by atoms with Gasteiger partial charge in [0.05, 0.1) is 4.90 Å². The molecular formula is C19H23FN2O3S. The Morgan fingerprint density at radius 1 is 0.962 bits per heavy atom. The molecule has 2 rings (SSSR count). The number of benzene rings is 2. The summed E-state index contributed by atoms with van der Waals surface area (Å²) in [7, 11) is -4.06. The van der Waals surface area contributed by atoms with Crippen LogP contribution in [0.25, 0.3) is 0 Å². The molecule has 2 aromatic rings. The van der Waals surface area contributed by atoms with Crippen molar-refractivity contribution >= 4 is 21.7 Å². The average molecular weight is 378 g/mol. The molecule has 2 amide bonds. The fraction of sp³-hybridized carbons (Fsp3) is 0.316. The second-order valence-electron chi connectivity index (χ2n) is 6.00. The van der Waals surface area contributed by atoms with Crippen LogP contribution in [0.15, 0.2) is 47.4 Å². The van der Waals surface area contributed by atoms with Gasteiger partial charge in [0.15, 0.2) is 0 Å². The summed E-state index contributed by atoms with van der Waals surface area (Å²) < 4.78 is 39.2. The van der Waals surface area contributed by atoms with E-state index in [1.807, 2.05) is 16.9 Å². The van der Waals surface area contributed by atoms with E-state index in [0.29, 0.717) is 5.69 Å². The van der Waals surface area contributed by atoms with E-state index in [2.05, 4.69) is 19.2 Å². The van der Waals surface area contributed by atoms with Gasteiger partial charge in [-0.1, -0.05) is 32.8 Å². The Labute approximate surface area is 153 Å². The van der Waals surface area contributed by atoms with Crippen molar-refractivity contribution < 1.29 is 17.6 Å². The highest BCUT2D eigenvalue weighted by Gasteiger charge is 2.18. The number of halogens is 1. The number of anilines is 1. The molecule has 0 heterocycles. The van der Waals surface area contributed by atoms with Crippen molar-refractivity contribution in [3.63, 3.8) is 0 Å². The quantitative estimate of drug-likeness (QED) is 0.757. The summed E-state index contributed by atoms with van der Waals surface area (Å²) in [4.78, 5) is 11.9. The van der Waals surface area contributed by atoms with E-state index >= 15 is 0 Å². The highest BCUT2D eigenvalue weighted by molar-refractivity contribution is 7.90. The van der Waals surface area contributed by atoms with Crippen LogP contribution < -0.4 is 10.0 Å². The maximum Gasteiger partial charge on any atom is 0.333 e. The number of amides is 2. The number of aryl methyl sites for hydroxylation is 2. The fourth-order valence-corrected chi connectivity index (χ4v) is 3.58. The zero-order valence-electron chi connectivity index (χ0n) is 14.9. The highest BCUT2D eigenvalue weighted by Crippen LogP contribution is 2.19. The van der Waals surface area contributed by atoms with E-state index in [1.165, 1.54) is 5.56 Å². The molecule has 0 atom stereocenters. The maximum atomic E-state index is 12.9. The number of carbonyl (C=O) groups is 1. The van der Waals surface area contributed by atoms with E-state index in [1.54, 1.807) is 6.07 Å². The summed E-state index contributed by atoms with van der Waals surface area (Å²) in [5, 5.41) is 2.54. The van der Waals surface area contributed by atoms with Crippen LogP contribution in [0.1, 0.15) is 37.8 Å². The first-order chi connectivity index (χ1) is 12.4. The predicted molar refractivity (Wildman–Crippen MR) is 100 cm³/mol. The summed E-state index contributed by atoms with van der Waals surface area (Å²) in [5.41, 5.74) is 2.91. The van der Waals surface area contributed by atoms with Crippen LogP contribution in [-0.2, 0) is 22.9 Å². The molecular weight excluding hydrogens is 355 g/mol. The summed E-state index contributed by atoms with van der Waals surface area (Å²) in [6.07, 6.45) is 3.85. The smallest absolute Gasteiger partial charge is 0.307 e. The van der Waals surface area contributed by atoms with Crippen molar-refractivity contribution in [1.82, 2.24) is 4.72 Å². The minimum atomic E-state index is -4.06. The second-order valence-corrected chi connectivity index (χ2v) is 7.68. The third-order valence-electron chi connectivity index (χ3n) is 3.85. The minimum absolute atomic E-state index is 0.181. The predicted octanol–water partition coefficient (Wildman–Crippen LogP) is 4.24. The van der Waals surface area contributed by atoms with Crippen molar-refractivity contribution in [2.45, 2.75) is 44.4 Å². The van der Waals surface area contributed by atoms with Crippen LogP contribution in [0, 0.1) is 5.82 Å². The van der Waals surface area contributed by atoms with Crippen LogP contribution in [-0.4, -0.2) is 14.4 Å². The number of carbonyl (C=O) groups excluding carboxylic acids is 1. The topological polar surface area (TPSA) is 75.3 Å². The number of urea groups is 1. The van der Waals surface area contributed by atoms with E-state index < -0.39 is 21.9 Å². The Kier molecular flexibility index (Phi) is 6.74. The normalized spacial score (nSPS) is 11.2. The molecule has 140 valence electrons. The molecule has 0 bridgehead atoms. The third-order valence-corrected chi connectivity index (χ3v) is 5.20.